The lowest BCUT2D eigenvalue weighted by Crippen LogP contribution is -2.39. The summed E-state index contributed by atoms with van der Waals surface area (Å²) in [5.74, 6) is 0.554. The number of anilines is 1. The molecule has 3 N–H and O–H groups in total. The van der Waals surface area contributed by atoms with Gasteiger partial charge in [-0.05, 0) is 48.7 Å². The number of imidazole rings is 1. The molecule has 0 radical (unpaired) electrons. The second-order valence-electron chi connectivity index (χ2n) is 9.18. The van der Waals surface area contributed by atoms with Crippen molar-refractivity contribution in [3.63, 3.8) is 0 Å². The summed E-state index contributed by atoms with van der Waals surface area (Å²) in [5.41, 5.74) is 4.93. The molecule has 0 spiro atoms. The zero-order valence-electron chi connectivity index (χ0n) is 19.2. The van der Waals surface area contributed by atoms with Crippen LogP contribution < -0.4 is 10.9 Å². The summed E-state index contributed by atoms with van der Waals surface area (Å²) in [7, 11) is 0. The van der Waals surface area contributed by atoms with Crippen LogP contribution in [0.25, 0.3) is 33.3 Å². The van der Waals surface area contributed by atoms with E-state index in [1.807, 2.05) is 36.4 Å². The van der Waals surface area contributed by atoms with Crippen molar-refractivity contribution >= 4 is 39.2 Å². The van der Waals surface area contributed by atoms with E-state index in [1.165, 1.54) is 5.56 Å². The van der Waals surface area contributed by atoms with Crippen LogP contribution in [0.1, 0.15) is 18.4 Å². The Morgan fingerprint density at radius 3 is 2.51 bits per heavy atom. The molecule has 1 aliphatic rings. The van der Waals surface area contributed by atoms with Crippen LogP contribution in [0, 0.1) is 0 Å². The summed E-state index contributed by atoms with van der Waals surface area (Å²) in [6.45, 7) is 2.95. The Kier molecular flexibility index (Phi) is 5.76. The molecule has 6 nitrogen and oxygen atoms in total. The van der Waals surface area contributed by atoms with E-state index in [0.29, 0.717) is 16.4 Å². The largest absolute Gasteiger partial charge is 0.381 e. The van der Waals surface area contributed by atoms with Gasteiger partial charge in [0.2, 0.25) is 0 Å². The average molecular weight is 484 g/mol. The number of aromatic amines is 2. The van der Waals surface area contributed by atoms with Crippen molar-refractivity contribution in [1.82, 2.24) is 19.9 Å². The number of rotatable bonds is 5. The van der Waals surface area contributed by atoms with Crippen molar-refractivity contribution in [2.24, 2.45) is 0 Å². The van der Waals surface area contributed by atoms with Gasteiger partial charge in [-0.15, -0.1) is 0 Å². The molecule has 0 saturated carbocycles. The second-order valence-corrected chi connectivity index (χ2v) is 9.61. The van der Waals surface area contributed by atoms with Crippen molar-refractivity contribution in [2.45, 2.75) is 25.4 Å². The van der Waals surface area contributed by atoms with Crippen LogP contribution in [-0.2, 0) is 6.54 Å². The van der Waals surface area contributed by atoms with Gasteiger partial charge in [-0.3, -0.25) is 9.69 Å². The van der Waals surface area contributed by atoms with E-state index in [2.05, 4.69) is 50.5 Å². The zero-order valence-corrected chi connectivity index (χ0v) is 20.0. The van der Waals surface area contributed by atoms with Crippen molar-refractivity contribution < 1.29 is 0 Å². The van der Waals surface area contributed by atoms with Crippen LogP contribution in [0.4, 0.5) is 5.69 Å². The molecule has 6 rings (SSSR count). The third-order valence-electron chi connectivity index (χ3n) is 6.79. The van der Waals surface area contributed by atoms with Gasteiger partial charge >= 0.3 is 0 Å². The molecule has 176 valence electrons. The molecule has 3 aromatic carbocycles. The molecule has 2 aromatic heterocycles. The Morgan fingerprint density at radius 2 is 1.71 bits per heavy atom. The topological polar surface area (TPSA) is 76.8 Å². The zero-order chi connectivity index (χ0) is 23.8. The number of aromatic nitrogens is 3. The van der Waals surface area contributed by atoms with Gasteiger partial charge in [0.1, 0.15) is 11.4 Å². The van der Waals surface area contributed by atoms with Gasteiger partial charge in [0, 0.05) is 36.1 Å². The van der Waals surface area contributed by atoms with E-state index in [0.717, 1.165) is 60.1 Å². The first-order chi connectivity index (χ1) is 17.1. The Balaban J connectivity index is 1.34. The normalized spacial score (nSPS) is 15.1. The standard InChI is InChI=1S/C28H26ClN5O/c29-19-10-11-22-21(16-19)26(25(28(35)33-22)27-31-23-8-4-5-9-24(23)32-27)30-20-12-14-34(15-13-20)17-18-6-2-1-3-7-18/h1-11,16,20H,12-15,17H2,(H,31,32)(H2,30,33,35). The highest BCUT2D eigenvalue weighted by molar-refractivity contribution is 6.31. The van der Waals surface area contributed by atoms with Crippen LogP contribution >= 0.6 is 11.6 Å². The Labute approximate surface area is 208 Å². The highest BCUT2D eigenvalue weighted by Gasteiger charge is 2.24. The number of fused-ring (bicyclic) bond motifs is 2. The van der Waals surface area contributed by atoms with E-state index >= 15 is 0 Å². The van der Waals surface area contributed by atoms with Crippen LogP contribution in [0.15, 0.2) is 77.6 Å². The molecule has 0 unspecified atom stereocenters. The first-order valence-electron chi connectivity index (χ1n) is 12.0. The maximum Gasteiger partial charge on any atom is 0.261 e. The number of piperidine rings is 1. The fourth-order valence-electron chi connectivity index (χ4n) is 4.99. The molecule has 7 heteroatoms. The molecule has 1 fully saturated rings. The summed E-state index contributed by atoms with van der Waals surface area (Å²) in [4.78, 5) is 26.9. The minimum absolute atomic E-state index is 0.178. The number of para-hydroxylation sites is 2. The molecule has 0 atom stereocenters. The molecule has 0 amide bonds. The third kappa shape index (κ3) is 4.43. The summed E-state index contributed by atoms with van der Waals surface area (Å²) in [6, 6.07) is 24.2. The van der Waals surface area contributed by atoms with Crippen LogP contribution in [-0.4, -0.2) is 39.0 Å². The molecule has 0 aliphatic carbocycles. The van der Waals surface area contributed by atoms with Crippen molar-refractivity contribution in [1.29, 1.82) is 0 Å². The van der Waals surface area contributed by atoms with Crippen molar-refractivity contribution in [2.75, 3.05) is 18.4 Å². The minimum Gasteiger partial charge on any atom is -0.381 e. The quantitative estimate of drug-likeness (QED) is 0.295. The molecule has 0 bridgehead atoms. The number of hydrogen-bond donors (Lipinski definition) is 3. The lowest BCUT2D eigenvalue weighted by molar-refractivity contribution is 0.211. The lowest BCUT2D eigenvalue weighted by atomic mass is 10.0. The average Bonchev–Trinajstić information content (AvgIpc) is 3.30. The molecule has 3 heterocycles. The molecule has 1 saturated heterocycles. The van der Waals surface area contributed by atoms with E-state index in [1.54, 1.807) is 6.07 Å². The monoisotopic (exact) mass is 483 g/mol. The van der Waals surface area contributed by atoms with Gasteiger partial charge in [-0.1, -0.05) is 54.1 Å². The number of nitrogens with one attached hydrogen (secondary N) is 3. The number of H-pyrrole nitrogens is 2. The third-order valence-corrected chi connectivity index (χ3v) is 7.02. The fraction of sp³-hybridized carbons (Fsp3) is 0.214. The summed E-state index contributed by atoms with van der Waals surface area (Å²) in [6.07, 6.45) is 1.97. The molecular weight excluding hydrogens is 458 g/mol. The molecule has 5 aromatic rings. The summed E-state index contributed by atoms with van der Waals surface area (Å²) < 4.78 is 0. The van der Waals surface area contributed by atoms with Gasteiger partial charge in [-0.2, -0.15) is 0 Å². The summed E-state index contributed by atoms with van der Waals surface area (Å²) in [5, 5.41) is 5.24. The minimum atomic E-state index is -0.178. The number of likely N-dealkylation sites (tertiary alicyclic amines) is 1. The Bertz CT molecular complexity index is 1520. The van der Waals surface area contributed by atoms with Gasteiger partial charge in [0.05, 0.1) is 22.2 Å². The van der Waals surface area contributed by atoms with Crippen molar-refractivity contribution in [3.05, 3.63) is 93.7 Å². The van der Waals surface area contributed by atoms with E-state index in [4.69, 9.17) is 16.6 Å². The Morgan fingerprint density at radius 1 is 0.943 bits per heavy atom. The van der Waals surface area contributed by atoms with Crippen molar-refractivity contribution in [3.8, 4) is 11.4 Å². The van der Waals surface area contributed by atoms with E-state index in [9.17, 15) is 4.79 Å². The van der Waals surface area contributed by atoms with Gasteiger partial charge in [0.15, 0.2) is 0 Å². The number of pyridine rings is 1. The number of nitrogens with zero attached hydrogens (tertiary/aromatic N) is 2. The Hall–Kier alpha value is -3.61. The molecule has 35 heavy (non-hydrogen) atoms. The van der Waals surface area contributed by atoms with Crippen LogP contribution in [0.5, 0.6) is 0 Å². The molecular formula is C28H26ClN5O. The smallest absolute Gasteiger partial charge is 0.261 e. The first-order valence-corrected chi connectivity index (χ1v) is 12.4. The molecule has 1 aliphatic heterocycles. The second kappa shape index (κ2) is 9.21. The number of hydrogen-bond acceptors (Lipinski definition) is 4. The van der Waals surface area contributed by atoms with E-state index < -0.39 is 0 Å². The first kappa shape index (κ1) is 21.9. The van der Waals surface area contributed by atoms with Crippen LogP contribution in [0.2, 0.25) is 5.02 Å². The maximum absolute atomic E-state index is 13.3. The number of benzene rings is 3. The maximum atomic E-state index is 13.3. The predicted octanol–water partition coefficient (Wildman–Crippen LogP) is 5.80. The lowest BCUT2D eigenvalue weighted by Gasteiger charge is -2.33. The van der Waals surface area contributed by atoms with Gasteiger partial charge in [-0.25, -0.2) is 4.98 Å². The fourth-order valence-corrected chi connectivity index (χ4v) is 5.17. The SMILES string of the molecule is O=c1[nH]c2ccc(Cl)cc2c(NC2CCN(Cc3ccccc3)CC2)c1-c1nc2ccccc2[nH]1. The van der Waals surface area contributed by atoms with Gasteiger partial charge in [0.25, 0.3) is 5.56 Å². The number of halogens is 1. The highest BCUT2D eigenvalue weighted by atomic mass is 35.5. The highest BCUT2D eigenvalue weighted by Crippen LogP contribution is 2.34. The van der Waals surface area contributed by atoms with E-state index in [-0.39, 0.29) is 11.6 Å². The van der Waals surface area contributed by atoms with Crippen LogP contribution in [0.3, 0.4) is 0 Å². The van der Waals surface area contributed by atoms with Gasteiger partial charge < -0.3 is 15.3 Å². The predicted molar refractivity (Wildman–Crippen MR) is 143 cm³/mol. The summed E-state index contributed by atoms with van der Waals surface area (Å²) >= 11 is 6.38.